The van der Waals surface area contributed by atoms with Gasteiger partial charge in [-0.05, 0) is 23.8 Å². The molecule has 4 heteroatoms. The number of aromatic nitrogens is 1. The van der Waals surface area contributed by atoms with E-state index >= 15 is 0 Å². The zero-order valence-electron chi connectivity index (χ0n) is 9.65. The van der Waals surface area contributed by atoms with Crippen molar-refractivity contribution in [2.75, 3.05) is 0 Å². The van der Waals surface area contributed by atoms with E-state index in [1.165, 1.54) is 0 Å². The summed E-state index contributed by atoms with van der Waals surface area (Å²) in [4.78, 5) is 19.3. The van der Waals surface area contributed by atoms with Gasteiger partial charge in [-0.2, -0.15) is 0 Å². The molecule has 0 aliphatic carbocycles. The molecule has 0 amide bonds. The van der Waals surface area contributed by atoms with Crippen LogP contribution in [0.2, 0.25) is 0 Å². The summed E-state index contributed by atoms with van der Waals surface area (Å²) in [6, 6.07) is 12.4. The molecule has 0 aliphatic heterocycles. The van der Waals surface area contributed by atoms with Gasteiger partial charge in [0, 0.05) is 12.4 Å². The first kappa shape index (κ1) is 12.0. The van der Waals surface area contributed by atoms with Crippen LogP contribution in [0.4, 0.5) is 0 Å². The topological polar surface area (TPSA) is 62.5 Å². The van der Waals surface area contributed by atoms with Gasteiger partial charge in [0.2, 0.25) is 0 Å². The van der Waals surface area contributed by atoms with Crippen molar-refractivity contribution in [2.24, 2.45) is 4.99 Å². The highest BCUT2D eigenvalue weighted by Crippen LogP contribution is 2.09. The van der Waals surface area contributed by atoms with E-state index in [0.717, 1.165) is 5.69 Å². The van der Waals surface area contributed by atoms with E-state index in [1.807, 2.05) is 18.2 Å². The summed E-state index contributed by atoms with van der Waals surface area (Å²) in [5, 5.41) is 9.02. The summed E-state index contributed by atoms with van der Waals surface area (Å²) >= 11 is 0. The minimum atomic E-state index is -0.932. The van der Waals surface area contributed by atoms with Crippen LogP contribution in [-0.2, 0) is 6.54 Å². The third-order valence-corrected chi connectivity index (χ3v) is 2.42. The van der Waals surface area contributed by atoms with Crippen LogP contribution in [0.15, 0.2) is 53.7 Å². The minimum absolute atomic E-state index is 0.288. The fourth-order valence-corrected chi connectivity index (χ4v) is 1.56. The molecular weight excluding hydrogens is 228 g/mol. The van der Waals surface area contributed by atoms with Crippen molar-refractivity contribution in [3.8, 4) is 0 Å². The SMILES string of the molecule is O=C(O)c1ccccc1C/N=C/c1ccccn1. The molecule has 0 unspecified atom stereocenters. The molecule has 1 aromatic heterocycles. The largest absolute Gasteiger partial charge is 0.478 e. The molecule has 1 heterocycles. The first-order valence-electron chi connectivity index (χ1n) is 5.49. The highest BCUT2D eigenvalue weighted by molar-refractivity contribution is 5.89. The van der Waals surface area contributed by atoms with Gasteiger partial charge in [0.1, 0.15) is 0 Å². The Hall–Kier alpha value is -2.49. The first-order valence-corrected chi connectivity index (χ1v) is 5.49. The molecule has 1 N–H and O–H groups in total. The van der Waals surface area contributed by atoms with Gasteiger partial charge in [-0.1, -0.05) is 24.3 Å². The van der Waals surface area contributed by atoms with Crippen LogP contribution in [0.3, 0.4) is 0 Å². The predicted octanol–water partition coefficient (Wildman–Crippen LogP) is 2.40. The van der Waals surface area contributed by atoms with E-state index < -0.39 is 5.97 Å². The molecule has 1 aromatic carbocycles. The molecule has 90 valence electrons. The second-order valence-corrected chi connectivity index (χ2v) is 3.69. The molecule has 0 bridgehead atoms. The predicted molar refractivity (Wildman–Crippen MR) is 68.9 cm³/mol. The van der Waals surface area contributed by atoms with Crippen LogP contribution >= 0.6 is 0 Å². The van der Waals surface area contributed by atoms with Gasteiger partial charge in [0.15, 0.2) is 0 Å². The first-order chi connectivity index (χ1) is 8.77. The van der Waals surface area contributed by atoms with Gasteiger partial charge in [0.25, 0.3) is 0 Å². The van der Waals surface area contributed by atoms with Crippen LogP contribution in [0.25, 0.3) is 0 Å². The summed E-state index contributed by atoms with van der Waals surface area (Å²) in [5.41, 5.74) is 1.73. The molecule has 18 heavy (non-hydrogen) atoms. The summed E-state index contributed by atoms with van der Waals surface area (Å²) in [6.45, 7) is 0.332. The number of benzene rings is 1. The second kappa shape index (κ2) is 5.72. The monoisotopic (exact) mass is 240 g/mol. The smallest absolute Gasteiger partial charge is 0.336 e. The molecule has 0 aliphatic rings. The van der Waals surface area contributed by atoms with E-state index in [2.05, 4.69) is 9.98 Å². The molecule has 0 saturated carbocycles. The zero-order valence-corrected chi connectivity index (χ0v) is 9.65. The average Bonchev–Trinajstić information content (AvgIpc) is 2.40. The second-order valence-electron chi connectivity index (χ2n) is 3.69. The number of aromatic carboxylic acids is 1. The van der Waals surface area contributed by atoms with Crippen molar-refractivity contribution in [3.63, 3.8) is 0 Å². The number of hydrogen-bond donors (Lipinski definition) is 1. The van der Waals surface area contributed by atoms with Crippen LogP contribution in [0.5, 0.6) is 0 Å². The van der Waals surface area contributed by atoms with Crippen LogP contribution in [0.1, 0.15) is 21.6 Å². The average molecular weight is 240 g/mol. The number of carboxylic acids is 1. The molecule has 2 aromatic rings. The van der Waals surface area contributed by atoms with Gasteiger partial charge in [0.05, 0.1) is 17.8 Å². The van der Waals surface area contributed by atoms with Crippen molar-refractivity contribution in [1.82, 2.24) is 4.98 Å². The minimum Gasteiger partial charge on any atom is -0.478 e. The molecule has 0 fully saturated rings. The highest BCUT2D eigenvalue weighted by Gasteiger charge is 2.07. The lowest BCUT2D eigenvalue weighted by Crippen LogP contribution is -2.01. The van der Waals surface area contributed by atoms with Crippen molar-refractivity contribution >= 4 is 12.2 Å². The number of carbonyl (C=O) groups is 1. The van der Waals surface area contributed by atoms with Crippen molar-refractivity contribution in [1.29, 1.82) is 0 Å². The number of nitrogens with zero attached hydrogens (tertiary/aromatic N) is 2. The summed E-state index contributed by atoms with van der Waals surface area (Å²) in [5.74, 6) is -0.932. The Balaban J connectivity index is 2.11. The molecule has 0 radical (unpaired) electrons. The molecule has 2 rings (SSSR count). The molecule has 0 spiro atoms. The van der Waals surface area contributed by atoms with Crippen molar-refractivity contribution in [3.05, 3.63) is 65.5 Å². The third kappa shape index (κ3) is 3.01. The van der Waals surface area contributed by atoms with E-state index in [9.17, 15) is 4.79 Å². The lowest BCUT2D eigenvalue weighted by molar-refractivity contribution is 0.0695. The summed E-state index contributed by atoms with van der Waals surface area (Å²) < 4.78 is 0. The standard InChI is InChI=1S/C14H12N2O2/c17-14(18)13-7-2-1-5-11(13)9-15-10-12-6-3-4-8-16-12/h1-8,10H,9H2,(H,17,18)/b15-10+. The van der Waals surface area contributed by atoms with Gasteiger partial charge in [-0.25, -0.2) is 4.79 Å². The van der Waals surface area contributed by atoms with Crippen molar-refractivity contribution < 1.29 is 9.90 Å². The summed E-state index contributed by atoms with van der Waals surface area (Å²) in [6.07, 6.45) is 3.32. The summed E-state index contributed by atoms with van der Waals surface area (Å²) in [7, 11) is 0. The number of hydrogen-bond acceptors (Lipinski definition) is 3. The van der Waals surface area contributed by atoms with Crippen LogP contribution in [-0.4, -0.2) is 22.3 Å². The van der Waals surface area contributed by atoms with Crippen LogP contribution in [0, 0.1) is 0 Å². The maximum absolute atomic E-state index is 11.0. The molecular formula is C14H12N2O2. The number of aliphatic imine (C=N–C) groups is 1. The number of pyridine rings is 1. The van der Waals surface area contributed by atoms with E-state index in [4.69, 9.17) is 5.11 Å². The Morgan fingerprint density at radius 1 is 1.22 bits per heavy atom. The Kier molecular flexibility index (Phi) is 3.81. The zero-order chi connectivity index (χ0) is 12.8. The third-order valence-electron chi connectivity index (χ3n) is 2.42. The fourth-order valence-electron chi connectivity index (χ4n) is 1.56. The quantitative estimate of drug-likeness (QED) is 0.834. The van der Waals surface area contributed by atoms with E-state index in [0.29, 0.717) is 12.1 Å². The Bertz CT molecular complexity index is 565. The lowest BCUT2D eigenvalue weighted by atomic mass is 10.1. The number of carboxylic acid groups (broad SMARTS) is 1. The normalized spacial score (nSPS) is 10.7. The molecule has 0 saturated heterocycles. The number of rotatable bonds is 4. The van der Waals surface area contributed by atoms with Crippen LogP contribution < -0.4 is 0 Å². The van der Waals surface area contributed by atoms with Gasteiger partial charge in [-0.3, -0.25) is 9.98 Å². The Labute approximate surface area is 105 Å². The maximum Gasteiger partial charge on any atom is 0.336 e. The highest BCUT2D eigenvalue weighted by atomic mass is 16.4. The molecule has 4 nitrogen and oxygen atoms in total. The fraction of sp³-hybridized carbons (Fsp3) is 0.0714. The molecule has 0 atom stereocenters. The van der Waals surface area contributed by atoms with Gasteiger partial charge < -0.3 is 5.11 Å². The maximum atomic E-state index is 11.0. The lowest BCUT2D eigenvalue weighted by Gasteiger charge is -2.01. The van der Waals surface area contributed by atoms with E-state index in [1.54, 1.807) is 36.7 Å². The van der Waals surface area contributed by atoms with Gasteiger partial charge in [-0.15, -0.1) is 0 Å². The Morgan fingerprint density at radius 3 is 2.72 bits per heavy atom. The van der Waals surface area contributed by atoms with Crippen molar-refractivity contribution in [2.45, 2.75) is 6.54 Å². The van der Waals surface area contributed by atoms with Gasteiger partial charge >= 0.3 is 5.97 Å². The Morgan fingerprint density at radius 2 is 2.00 bits per heavy atom. The van der Waals surface area contributed by atoms with E-state index in [-0.39, 0.29) is 5.56 Å².